The lowest BCUT2D eigenvalue weighted by atomic mass is 10.1. The van der Waals surface area contributed by atoms with Crippen LogP contribution in [0.4, 0.5) is 10.1 Å². The number of nitro benzene ring substituents is 1. The molecule has 0 atom stereocenters. The predicted octanol–water partition coefficient (Wildman–Crippen LogP) is 2.78. The summed E-state index contributed by atoms with van der Waals surface area (Å²) in [5.74, 6) is -0.543. The maximum Gasteiger partial charge on any atom is 0.276 e. The van der Waals surface area contributed by atoms with E-state index in [1.807, 2.05) is 0 Å². The highest BCUT2D eigenvalue weighted by Gasteiger charge is 2.18. The van der Waals surface area contributed by atoms with Gasteiger partial charge in [0.05, 0.1) is 10.5 Å². The molecular weight excluding hydrogens is 279 g/mol. The normalized spacial score (nSPS) is 10.4. The smallest absolute Gasteiger partial charge is 0.276 e. The fourth-order valence-electron chi connectivity index (χ4n) is 1.45. The fourth-order valence-corrected chi connectivity index (χ4v) is 1.86. The number of benzene rings is 1. The third-order valence-electron chi connectivity index (χ3n) is 2.21. The lowest BCUT2D eigenvalue weighted by Gasteiger charge is -2.04. The number of nitrogens with zero attached hydrogens (tertiary/aromatic N) is 1. The minimum atomic E-state index is -0.564. The third kappa shape index (κ3) is 3.24. The van der Waals surface area contributed by atoms with Crippen molar-refractivity contribution in [3.63, 3.8) is 0 Å². The van der Waals surface area contributed by atoms with Crippen molar-refractivity contribution in [2.75, 3.05) is 6.54 Å². The van der Waals surface area contributed by atoms with Crippen molar-refractivity contribution in [1.29, 1.82) is 0 Å². The molecular formula is C10H12BrFN2O2. The van der Waals surface area contributed by atoms with Crippen LogP contribution in [0, 0.1) is 15.9 Å². The summed E-state index contributed by atoms with van der Waals surface area (Å²) in [7, 11) is 0. The zero-order valence-corrected chi connectivity index (χ0v) is 10.2. The minimum Gasteiger partial charge on any atom is -0.330 e. The Kier molecular flexibility index (Phi) is 4.82. The van der Waals surface area contributed by atoms with Crippen LogP contribution in [-0.4, -0.2) is 11.5 Å². The van der Waals surface area contributed by atoms with Gasteiger partial charge in [-0.15, -0.1) is 0 Å². The van der Waals surface area contributed by atoms with Gasteiger partial charge in [0.1, 0.15) is 5.82 Å². The second-order valence-corrected chi connectivity index (χ2v) is 4.30. The van der Waals surface area contributed by atoms with Crippen LogP contribution in [0.3, 0.4) is 0 Å². The van der Waals surface area contributed by atoms with Gasteiger partial charge in [-0.3, -0.25) is 10.1 Å². The van der Waals surface area contributed by atoms with Crippen LogP contribution in [0.2, 0.25) is 0 Å². The molecule has 0 aliphatic carbocycles. The molecule has 0 saturated carbocycles. The van der Waals surface area contributed by atoms with Crippen molar-refractivity contribution in [3.8, 4) is 0 Å². The summed E-state index contributed by atoms with van der Waals surface area (Å²) >= 11 is 3.03. The number of halogens is 2. The molecule has 88 valence electrons. The first-order valence-corrected chi connectivity index (χ1v) is 5.68. The lowest BCUT2D eigenvalue weighted by Crippen LogP contribution is -2.02. The monoisotopic (exact) mass is 290 g/mol. The zero-order valence-electron chi connectivity index (χ0n) is 8.58. The summed E-state index contributed by atoms with van der Waals surface area (Å²) in [5, 5.41) is 10.8. The first-order chi connectivity index (χ1) is 7.56. The molecule has 0 saturated heterocycles. The van der Waals surface area contributed by atoms with E-state index in [1.54, 1.807) is 0 Å². The average molecular weight is 291 g/mol. The number of hydrogen-bond acceptors (Lipinski definition) is 3. The summed E-state index contributed by atoms with van der Waals surface area (Å²) in [6, 6.07) is 2.56. The molecule has 0 aliphatic heterocycles. The van der Waals surface area contributed by atoms with Gasteiger partial charge in [0.25, 0.3) is 5.69 Å². The lowest BCUT2D eigenvalue weighted by molar-refractivity contribution is -0.385. The van der Waals surface area contributed by atoms with E-state index in [1.165, 1.54) is 12.1 Å². The van der Waals surface area contributed by atoms with E-state index < -0.39 is 10.7 Å². The van der Waals surface area contributed by atoms with Crippen molar-refractivity contribution in [3.05, 3.63) is 38.1 Å². The molecule has 0 amide bonds. The molecule has 0 spiro atoms. The van der Waals surface area contributed by atoms with Crippen LogP contribution in [0.15, 0.2) is 16.6 Å². The SMILES string of the molecule is NCCCCc1c(F)cc(Br)cc1[N+](=O)[O-]. The average Bonchev–Trinajstić information content (AvgIpc) is 2.20. The van der Waals surface area contributed by atoms with Crippen LogP contribution in [0.1, 0.15) is 18.4 Å². The Bertz CT molecular complexity index is 399. The molecule has 0 heterocycles. The third-order valence-corrected chi connectivity index (χ3v) is 2.67. The van der Waals surface area contributed by atoms with Crippen LogP contribution in [-0.2, 0) is 6.42 Å². The Labute approximate surface area is 101 Å². The molecule has 0 fully saturated rings. The van der Waals surface area contributed by atoms with E-state index in [0.717, 1.165) is 6.42 Å². The van der Waals surface area contributed by atoms with Crippen LogP contribution in [0.25, 0.3) is 0 Å². The Morgan fingerprint density at radius 2 is 2.12 bits per heavy atom. The van der Waals surface area contributed by atoms with Crippen molar-refractivity contribution in [2.45, 2.75) is 19.3 Å². The molecule has 0 radical (unpaired) electrons. The number of rotatable bonds is 5. The van der Waals surface area contributed by atoms with E-state index in [4.69, 9.17) is 5.73 Å². The summed E-state index contributed by atoms with van der Waals surface area (Å²) in [6.07, 6.45) is 1.72. The molecule has 0 aromatic heterocycles. The van der Waals surface area contributed by atoms with Crippen LogP contribution < -0.4 is 5.73 Å². The standard InChI is InChI=1S/C10H12BrFN2O2/c11-7-5-9(12)8(3-1-2-4-13)10(6-7)14(15)16/h5-6H,1-4,13H2. The maximum atomic E-state index is 13.5. The summed E-state index contributed by atoms with van der Waals surface area (Å²) in [4.78, 5) is 10.2. The predicted molar refractivity (Wildman–Crippen MR) is 62.7 cm³/mol. The van der Waals surface area contributed by atoms with Gasteiger partial charge >= 0.3 is 0 Å². The summed E-state index contributed by atoms with van der Waals surface area (Å²) in [6.45, 7) is 0.506. The largest absolute Gasteiger partial charge is 0.330 e. The molecule has 0 bridgehead atoms. The van der Waals surface area contributed by atoms with Gasteiger partial charge in [-0.2, -0.15) is 0 Å². The maximum absolute atomic E-state index is 13.5. The molecule has 1 aromatic rings. The van der Waals surface area contributed by atoms with E-state index in [-0.39, 0.29) is 11.3 Å². The van der Waals surface area contributed by atoms with Crippen LogP contribution in [0.5, 0.6) is 0 Å². The molecule has 4 nitrogen and oxygen atoms in total. The van der Waals surface area contributed by atoms with Crippen molar-refractivity contribution < 1.29 is 9.31 Å². The van der Waals surface area contributed by atoms with Gasteiger partial charge in [-0.05, 0) is 31.9 Å². The van der Waals surface area contributed by atoms with E-state index >= 15 is 0 Å². The highest BCUT2D eigenvalue weighted by Crippen LogP contribution is 2.27. The summed E-state index contributed by atoms with van der Waals surface area (Å²) < 4.78 is 13.9. The molecule has 1 aromatic carbocycles. The Hall–Kier alpha value is -1.01. The van der Waals surface area contributed by atoms with Crippen molar-refractivity contribution in [2.24, 2.45) is 5.73 Å². The van der Waals surface area contributed by atoms with Gasteiger partial charge in [0, 0.05) is 10.5 Å². The van der Waals surface area contributed by atoms with E-state index in [0.29, 0.717) is 23.9 Å². The Balaban J connectivity index is 2.99. The minimum absolute atomic E-state index is 0.154. The Morgan fingerprint density at radius 3 is 2.69 bits per heavy atom. The zero-order chi connectivity index (χ0) is 12.1. The van der Waals surface area contributed by atoms with Gasteiger partial charge in [-0.1, -0.05) is 15.9 Å². The van der Waals surface area contributed by atoms with Gasteiger partial charge < -0.3 is 5.73 Å². The molecule has 6 heteroatoms. The fraction of sp³-hybridized carbons (Fsp3) is 0.400. The second kappa shape index (κ2) is 5.91. The van der Waals surface area contributed by atoms with Crippen LogP contribution >= 0.6 is 15.9 Å². The highest BCUT2D eigenvalue weighted by atomic mass is 79.9. The Morgan fingerprint density at radius 1 is 1.44 bits per heavy atom. The second-order valence-electron chi connectivity index (χ2n) is 3.39. The first-order valence-electron chi connectivity index (χ1n) is 4.88. The van der Waals surface area contributed by atoms with Gasteiger partial charge in [0.2, 0.25) is 0 Å². The molecule has 16 heavy (non-hydrogen) atoms. The molecule has 2 N–H and O–H groups in total. The topological polar surface area (TPSA) is 69.2 Å². The number of nitro groups is 1. The number of hydrogen-bond donors (Lipinski definition) is 1. The van der Waals surface area contributed by atoms with E-state index in [2.05, 4.69) is 15.9 Å². The molecule has 1 rings (SSSR count). The highest BCUT2D eigenvalue weighted by molar-refractivity contribution is 9.10. The number of nitrogens with two attached hydrogens (primary N) is 1. The summed E-state index contributed by atoms with van der Waals surface area (Å²) in [5.41, 5.74) is 5.29. The van der Waals surface area contributed by atoms with Gasteiger partial charge in [-0.25, -0.2) is 4.39 Å². The number of unbranched alkanes of at least 4 members (excludes halogenated alkanes) is 1. The quantitative estimate of drug-likeness (QED) is 0.515. The van der Waals surface area contributed by atoms with Crippen molar-refractivity contribution in [1.82, 2.24) is 0 Å². The molecule has 0 unspecified atom stereocenters. The van der Waals surface area contributed by atoms with Gasteiger partial charge in [0.15, 0.2) is 0 Å². The van der Waals surface area contributed by atoms with E-state index in [9.17, 15) is 14.5 Å². The first kappa shape index (κ1) is 13.1. The van der Waals surface area contributed by atoms with Crippen molar-refractivity contribution >= 4 is 21.6 Å². The molecule has 0 aliphatic rings.